The molecule has 0 saturated heterocycles. The molecule has 2 nitrogen and oxygen atoms in total. The van der Waals surface area contributed by atoms with Gasteiger partial charge in [-0.3, -0.25) is 4.79 Å². The highest BCUT2D eigenvalue weighted by atomic mass is 16.5. The molecule has 2 aromatic rings. The van der Waals surface area contributed by atoms with E-state index < -0.39 is 0 Å². The summed E-state index contributed by atoms with van der Waals surface area (Å²) in [5.41, 5.74) is 3.67. The Hall–Kier alpha value is -2.09. The van der Waals surface area contributed by atoms with Gasteiger partial charge in [0.25, 0.3) is 0 Å². The lowest BCUT2D eigenvalue weighted by atomic mass is 9.97. The minimum Gasteiger partial charge on any atom is -0.490 e. The molecule has 0 unspecified atom stereocenters. The summed E-state index contributed by atoms with van der Waals surface area (Å²) in [4.78, 5) is 12.5. The van der Waals surface area contributed by atoms with E-state index in [1.807, 2.05) is 56.3 Å². The van der Waals surface area contributed by atoms with Crippen LogP contribution in [0.4, 0.5) is 0 Å². The minimum absolute atomic E-state index is 0.0699. The van der Waals surface area contributed by atoms with Crippen LogP contribution in [0.3, 0.4) is 0 Å². The Bertz CT molecular complexity index is 637. The third-order valence-electron chi connectivity index (χ3n) is 3.57. The lowest BCUT2D eigenvalue weighted by Crippen LogP contribution is -2.04. The topological polar surface area (TPSA) is 26.3 Å². The first kappa shape index (κ1) is 12.9. The van der Waals surface area contributed by atoms with Crippen molar-refractivity contribution in [3.63, 3.8) is 0 Å². The number of rotatable bonds is 4. The molecule has 0 atom stereocenters. The second-order valence-corrected chi connectivity index (χ2v) is 5.49. The third-order valence-corrected chi connectivity index (χ3v) is 3.57. The van der Waals surface area contributed by atoms with Gasteiger partial charge in [-0.05, 0) is 56.5 Å². The average Bonchev–Trinajstić information content (AvgIpc) is 3.23. The van der Waals surface area contributed by atoms with E-state index in [2.05, 4.69) is 0 Å². The van der Waals surface area contributed by atoms with Crippen LogP contribution in [0.25, 0.3) is 0 Å². The largest absolute Gasteiger partial charge is 0.490 e. The van der Waals surface area contributed by atoms with E-state index in [1.54, 1.807) is 0 Å². The highest BCUT2D eigenvalue weighted by Gasteiger charge is 2.23. The predicted octanol–water partition coefficient (Wildman–Crippen LogP) is 4.08. The smallest absolute Gasteiger partial charge is 0.193 e. The van der Waals surface area contributed by atoms with Gasteiger partial charge in [-0.2, -0.15) is 0 Å². The minimum atomic E-state index is 0.0699. The lowest BCUT2D eigenvalue weighted by Gasteiger charge is -2.08. The molecule has 1 fully saturated rings. The molecule has 3 rings (SSSR count). The maximum atomic E-state index is 12.5. The SMILES string of the molecule is Cc1ccc(C(=O)c2ccc(OC3CC3)cc2)c(C)c1. The van der Waals surface area contributed by atoms with E-state index >= 15 is 0 Å². The quantitative estimate of drug-likeness (QED) is 0.780. The molecule has 1 aliphatic carbocycles. The van der Waals surface area contributed by atoms with Crippen LogP contribution in [0, 0.1) is 13.8 Å². The normalized spacial score (nSPS) is 14.1. The zero-order valence-electron chi connectivity index (χ0n) is 11.8. The predicted molar refractivity (Wildman–Crippen MR) is 79.4 cm³/mol. The van der Waals surface area contributed by atoms with Crippen LogP contribution in [-0.4, -0.2) is 11.9 Å². The van der Waals surface area contributed by atoms with E-state index in [0.29, 0.717) is 11.7 Å². The fourth-order valence-corrected chi connectivity index (χ4v) is 2.29. The maximum absolute atomic E-state index is 12.5. The first-order valence-electron chi connectivity index (χ1n) is 7.02. The molecule has 20 heavy (non-hydrogen) atoms. The number of carbonyl (C=O) groups excluding carboxylic acids is 1. The molecular formula is C18H18O2. The van der Waals surface area contributed by atoms with Gasteiger partial charge in [0, 0.05) is 11.1 Å². The van der Waals surface area contributed by atoms with Crippen LogP contribution in [0.1, 0.15) is 39.9 Å². The highest BCUT2D eigenvalue weighted by molar-refractivity contribution is 6.09. The van der Waals surface area contributed by atoms with Crippen molar-refractivity contribution in [1.82, 2.24) is 0 Å². The molecule has 1 aliphatic rings. The zero-order valence-corrected chi connectivity index (χ0v) is 11.8. The monoisotopic (exact) mass is 266 g/mol. The van der Waals surface area contributed by atoms with Crippen molar-refractivity contribution in [1.29, 1.82) is 0 Å². The van der Waals surface area contributed by atoms with Crippen LogP contribution in [0.5, 0.6) is 5.75 Å². The number of hydrogen-bond acceptors (Lipinski definition) is 2. The lowest BCUT2D eigenvalue weighted by molar-refractivity contribution is 0.103. The third kappa shape index (κ3) is 2.74. The molecule has 0 aliphatic heterocycles. The molecule has 0 heterocycles. The number of aryl methyl sites for hydroxylation is 2. The molecule has 0 radical (unpaired) electrons. The zero-order chi connectivity index (χ0) is 14.1. The Labute approximate surface area is 119 Å². The molecule has 0 amide bonds. The van der Waals surface area contributed by atoms with Crippen molar-refractivity contribution in [2.45, 2.75) is 32.8 Å². The Morgan fingerprint density at radius 3 is 2.35 bits per heavy atom. The maximum Gasteiger partial charge on any atom is 0.193 e. The first-order chi connectivity index (χ1) is 9.63. The van der Waals surface area contributed by atoms with Gasteiger partial charge in [0.2, 0.25) is 0 Å². The van der Waals surface area contributed by atoms with Gasteiger partial charge in [0.1, 0.15) is 5.75 Å². The van der Waals surface area contributed by atoms with Gasteiger partial charge in [-0.25, -0.2) is 0 Å². The van der Waals surface area contributed by atoms with Gasteiger partial charge in [0.15, 0.2) is 5.78 Å². The number of hydrogen-bond donors (Lipinski definition) is 0. The summed E-state index contributed by atoms with van der Waals surface area (Å²) in [5, 5.41) is 0. The van der Waals surface area contributed by atoms with Crippen LogP contribution >= 0.6 is 0 Å². The summed E-state index contributed by atoms with van der Waals surface area (Å²) < 4.78 is 5.69. The van der Waals surface area contributed by atoms with Crippen molar-refractivity contribution in [2.75, 3.05) is 0 Å². The fraction of sp³-hybridized carbons (Fsp3) is 0.278. The van der Waals surface area contributed by atoms with E-state index in [0.717, 1.165) is 29.7 Å². The average molecular weight is 266 g/mol. The molecule has 1 saturated carbocycles. The molecule has 2 heteroatoms. The Morgan fingerprint density at radius 2 is 1.75 bits per heavy atom. The number of benzene rings is 2. The molecule has 0 aromatic heterocycles. The van der Waals surface area contributed by atoms with Crippen LogP contribution in [0.2, 0.25) is 0 Å². The van der Waals surface area contributed by atoms with Gasteiger partial charge < -0.3 is 4.74 Å². The summed E-state index contributed by atoms with van der Waals surface area (Å²) in [6.45, 7) is 4.01. The highest BCUT2D eigenvalue weighted by Crippen LogP contribution is 2.27. The first-order valence-corrected chi connectivity index (χ1v) is 7.02. The molecule has 2 aromatic carbocycles. The molecular weight excluding hydrogens is 248 g/mol. The number of ketones is 1. The summed E-state index contributed by atoms with van der Waals surface area (Å²) >= 11 is 0. The molecule has 102 valence electrons. The number of carbonyl (C=O) groups is 1. The number of ether oxygens (including phenoxy) is 1. The standard InChI is InChI=1S/C18H18O2/c1-12-3-10-17(13(2)11-12)18(19)14-4-6-15(7-5-14)20-16-8-9-16/h3-7,10-11,16H,8-9H2,1-2H3. The summed E-state index contributed by atoms with van der Waals surface area (Å²) in [7, 11) is 0. The van der Waals surface area contributed by atoms with Gasteiger partial charge in [-0.1, -0.05) is 23.8 Å². The summed E-state index contributed by atoms with van der Waals surface area (Å²) in [6, 6.07) is 13.4. The van der Waals surface area contributed by atoms with Gasteiger partial charge in [0.05, 0.1) is 6.10 Å². The van der Waals surface area contributed by atoms with Crippen molar-refractivity contribution >= 4 is 5.78 Å². The Morgan fingerprint density at radius 1 is 1.05 bits per heavy atom. The van der Waals surface area contributed by atoms with E-state index in [9.17, 15) is 4.79 Å². The molecule has 0 N–H and O–H groups in total. The second-order valence-electron chi connectivity index (χ2n) is 5.49. The van der Waals surface area contributed by atoms with Crippen LogP contribution in [-0.2, 0) is 0 Å². The summed E-state index contributed by atoms with van der Waals surface area (Å²) in [6.07, 6.45) is 2.67. The van der Waals surface area contributed by atoms with Crippen molar-refractivity contribution < 1.29 is 9.53 Å². The van der Waals surface area contributed by atoms with Crippen molar-refractivity contribution in [2.24, 2.45) is 0 Å². The second kappa shape index (κ2) is 5.12. The Balaban J connectivity index is 1.82. The fourth-order valence-electron chi connectivity index (χ4n) is 2.29. The van der Waals surface area contributed by atoms with Crippen molar-refractivity contribution in [3.05, 3.63) is 64.7 Å². The molecule has 0 bridgehead atoms. The van der Waals surface area contributed by atoms with E-state index in [-0.39, 0.29) is 5.78 Å². The Kier molecular flexibility index (Phi) is 3.31. The molecule has 0 spiro atoms. The van der Waals surface area contributed by atoms with E-state index in [4.69, 9.17) is 4.74 Å². The summed E-state index contributed by atoms with van der Waals surface area (Å²) in [5.74, 6) is 0.921. The van der Waals surface area contributed by atoms with E-state index in [1.165, 1.54) is 5.56 Å². The van der Waals surface area contributed by atoms with Crippen LogP contribution in [0.15, 0.2) is 42.5 Å². The van der Waals surface area contributed by atoms with Gasteiger partial charge >= 0.3 is 0 Å². The van der Waals surface area contributed by atoms with Gasteiger partial charge in [-0.15, -0.1) is 0 Å². The van der Waals surface area contributed by atoms with Crippen LogP contribution < -0.4 is 4.74 Å². The van der Waals surface area contributed by atoms with Crippen molar-refractivity contribution in [3.8, 4) is 5.75 Å².